The van der Waals surface area contributed by atoms with Crippen molar-refractivity contribution < 1.29 is 55.3 Å². The van der Waals surface area contributed by atoms with E-state index in [2.05, 4.69) is 50.4 Å². The minimum atomic E-state index is -4.10. The maximum Gasteiger partial charge on any atom is 0.262 e. The van der Waals surface area contributed by atoms with Crippen LogP contribution in [0.5, 0.6) is 0 Å². The van der Waals surface area contributed by atoms with Crippen LogP contribution in [0, 0.1) is 38.3 Å². The van der Waals surface area contributed by atoms with Crippen LogP contribution in [0.4, 0.5) is 0 Å². The summed E-state index contributed by atoms with van der Waals surface area (Å²) in [6.07, 6.45) is 11.0. The van der Waals surface area contributed by atoms with Gasteiger partial charge >= 0.3 is 324 Å². The molecule has 29 heteroatoms. The van der Waals surface area contributed by atoms with Gasteiger partial charge in [-0.05, 0) is 30.7 Å². The number of unbranched alkanes of at least 4 members (excludes halogenated alkanes) is 1. The van der Waals surface area contributed by atoms with Gasteiger partial charge in [-0.25, -0.2) is 13.9 Å². The van der Waals surface area contributed by atoms with Crippen LogP contribution in [0.2, 0.25) is 6.32 Å². The predicted molar refractivity (Wildman–Crippen MR) is 314 cm³/mol. The summed E-state index contributed by atoms with van der Waals surface area (Å²) in [6.45, 7) is 16.1. The molecule has 0 saturated carbocycles. The van der Waals surface area contributed by atoms with E-state index in [1.807, 2.05) is 27.7 Å². The van der Waals surface area contributed by atoms with E-state index in [1.165, 1.54) is 85.1 Å². The van der Waals surface area contributed by atoms with E-state index in [9.17, 15) is 44.8 Å². The number of sulfonamides is 3. The third-order valence-electron chi connectivity index (χ3n) is 12.0. The molecule has 0 fully saturated rings. The van der Waals surface area contributed by atoms with E-state index in [0.717, 1.165) is 29.6 Å². The molecule has 0 aliphatic rings. The monoisotopic (exact) mass is 1190 g/mol. The van der Waals surface area contributed by atoms with E-state index in [4.69, 9.17) is 25.1 Å². The van der Waals surface area contributed by atoms with Gasteiger partial charge in [0, 0.05) is 25.4 Å². The Morgan fingerprint density at radius 1 is 0.639 bits per heavy atom. The number of nitrogens with one attached hydrogen (secondary N) is 4. The molecular formula is C54H68B3N11O12S3. The molecule has 0 bridgehead atoms. The molecule has 7 N–H and O–H groups in total. The Bertz CT molecular complexity index is 3420. The molecule has 3 atom stereocenters. The van der Waals surface area contributed by atoms with Gasteiger partial charge < -0.3 is 0 Å². The van der Waals surface area contributed by atoms with Gasteiger partial charge in [-0.3, -0.25) is 15.0 Å². The molecule has 3 aromatic heterocycles. The molecule has 438 valence electrons. The summed E-state index contributed by atoms with van der Waals surface area (Å²) in [5.41, 5.74) is 8.80. The molecule has 3 heterocycles. The number of benzene rings is 3. The number of carbonyl (C=O) groups is 3. The summed E-state index contributed by atoms with van der Waals surface area (Å²) in [6, 6.07) is 21.9. The molecule has 83 heavy (non-hydrogen) atoms. The first kappa shape index (κ1) is 70.0. The first-order valence-corrected chi connectivity index (χ1v) is 30.0. The number of nitrogens with zero attached hydrogens (tertiary/aromatic N) is 7. The van der Waals surface area contributed by atoms with Gasteiger partial charge in [0.15, 0.2) is 0 Å². The number of carbonyl (C=O) groups excluding carboxylic acids is 3. The quantitative estimate of drug-likeness (QED) is 0.0196. The average molecular weight is 1190 g/mol. The Balaban J connectivity index is 0.000000313. The van der Waals surface area contributed by atoms with Crippen LogP contribution in [-0.4, -0.2) is 150 Å². The molecule has 0 spiro atoms. The maximum atomic E-state index is 13.4. The normalized spacial score (nSPS) is 12.3. The number of hydrogen-bond acceptors (Lipinski definition) is 16. The molecule has 6 aromatic rings. The van der Waals surface area contributed by atoms with E-state index in [-0.39, 0.29) is 53.1 Å². The van der Waals surface area contributed by atoms with Gasteiger partial charge in [-0.2, -0.15) is 19.7 Å². The minimum Gasteiger partial charge on any atom is -0.289 e. The molecule has 0 aliphatic heterocycles. The number of pyridine rings is 2. The van der Waals surface area contributed by atoms with Crippen molar-refractivity contribution in [2.75, 3.05) is 6.54 Å². The van der Waals surface area contributed by atoms with Crippen LogP contribution in [0.1, 0.15) is 73.5 Å². The van der Waals surface area contributed by atoms with Crippen molar-refractivity contribution in [3.05, 3.63) is 162 Å². The van der Waals surface area contributed by atoms with Crippen LogP contribution in [0.15, 0.2) is 143 Å². The number of aromatic nitrogens is 5. The number of rotatable bonds is 24. The Morgan fingerprint density at radius 2 is 1.06 bits per heavy atom. The molecule has 0 radical (unpaired) electrons. The number of aryl methyl sites for hydroxylation is 3. The van der Waals surface area contributed by atoms with Crippen molar-refractivity contribution >= 4 is 75.8 Å². The summed E-state index contributed by atoms with van der Waals surface area (Å²) in [5, 5.41) is 37.1. The van der Waals surface area contributed by atoms with Crippen LogP contribution in [0.25, 0.3) is 0 Å². The summed E-state index contributed by atoms with van der Waals surface area (Å²) >= 11 is 0. The second kappa shape index (κ2) is 35.0. The summed E-state index contributed by atoms with van der Waals surface area (Å²) in [5.74, 6) is 1.57. The number of aromatic amines is 1. The van der Waals surface area contributed by atoms with Crippen LogP contribution >= 0.6 is 0 Å². The van der Waals surface area contributed by atoms with Crippen molar-refractivity contribution in [3.63, 3.8) is 0 Å². The molecule has 23 nitrogen and oxygen atoms in total. The SMILES string of the molecule is B#CCN([C@@H](C(=O)NO)C(C)C)S(=O)(=O)c1ccc(C)cc1.B#CC[C@H](C(=O)NO)N(Cc1cccnc1)S(=O)(=O)c1ccc(C)cc1.C=BCCCC.Cc1ccc(S(=O)(=O)N(Cc2cccnc2)[C@H](Cc2cn[nH]n2)C(=O)NO)cc1. The van der Waals surface area contributed by atoms with Crippen molar-refractivity contribution in [1.82, 2.24) is 54.7 Å². The van der Waals surface area contributed by atoms with E-state index in [1.54, 1.807) is 92.4 Å². The van der Waals surface area contributed by atoms with Gasteiger partial charge in [-0.15, -0.1) is 0 Å². The second-order valence-corrected chi connectivity index (χ2v) is 24.3. The summed E-state index contributed by atoms with van der Waals surface area (Å²) < 4.78 is 81.7. The Morgan fingerprint density at radius 3 is 1.39 bits per heavy atom. The fourth-order valence-corrected chi connectivity index (χ4v) is 12.4. The molecule has 3 aromatic carbocycles. The Kier molecular flexibility index (Phi) is 29.5. The number of hydroxylamine groups is 3. The van der Waals surface area contributed by atoms with Gasteiger partial charge in [-0.1, -0.05) is 23.8 Å². The van der Waals surface area contributed by atoms with E-state index >= 15 is 0 Å². The number of hydrogen-bond donors (Lipinski definition) is 7. The van der Waals surface area contributed by atoms with Crippen molar-refractivity contribution in [3.8, 4) is 11.6 Å². The van der Waals surface area contributed by atoms with E-state index < -0.39 is 65.9 Å². The standard InChI is InChI=1S/C18H20N6O4S.C17H18BN3O4S.C14H19BN2O4S.C5H11B/c1-13-4-6-16(7-5-13)29(27,28)24(12-14-3-2-8-19-10-14)17(18(25)22-26)9-15-11-20-23-21-15;1-13-4-6-15(7-5-13)26(24,25)21(12-14-3-2-10-19-11-14)16(8-9-18)17(22)20-23;1-10(2)13(14(18)16-19)17(9-8-15)22(20,21)12-6-4-11(3)5-7-12;1-3-4-5-6-2/h2-8,10-11,17,26H,9,12H2,1H3,(H,22,25)(H,20,21,23);2-7,10-11,16,23H,8,12H2,1H3,(H,20,22);4-7,10,13,19H,9H2,1-3H3,(H,16,18);2-5H2,1H3/t17-;16-;13-;/m111./s1. The zero-order chi connectivity index (χ0) is 61.8. The third kappa shape index (κ3) is 21.2. The van der Waals surface area contributed by atoms with Crippen molar-refractivity contribution in [1.29, 1.82) is 0 Å². The first-order valence-electron chi connectivity index (χ1n) is 25.7. The number of H-pyrrole nitrogens is 1. The van der Waals surface area contributed by atoms with Gasteiger partial charge in [0.05, 0.1) is 16.8 Å². The molecular weight excluding hydrogens is 1120 g/mol. The molecule has 6 rings (SSSR count). The van der Waals surface area contributed by atoms with Gasteiger partial charge in [0.25, 0.3) is 5.91 Å². The number of amides is 3. The van der Waals surface area contributed by atoms with Crippen molar-refractivity contribution in [2.24, 2.45) is 5.92 Å². The van der Waals surface area contributed by atoms with Crippen molar-refractivity contribution in [2.45, 2.75) is 119 Å². The Labute approximate surface area is 488 Å². The van der Waals surface area contributed by atoms with Gasteiger partial charge in [0.2, 0.25) is 10.0 Å². The zero-order valence-corrected chi connectivity index (χ0v) is 49.4. The topological polar surface area (TPSA) is 327 Å². The summed E-state index contributed by atoms with van der Waals surface area (Å²) in [4.78, 5) is 44.5. The predicted octanol–water partition coefficient (Wildman–Crippen LogP) is 3.77. The molecule has 0 unspecified atom stereocenters. The van der Waals surface area contributed by atoms with E-state index in [0.29, 0.717) is 16.8 Å². The average Bonchev–Trinajstić information content (AvgIpc) is 4.15. The summed E-state index contributed by atoms with van der Waals surface area (Å²) in [7, 11) is -1.55. The molecule has 0 saturated heterocycles. The molecule has 3 amide bonds. The maximum absolute atomic E-state index is 13.4. The largest absolute Gasteiger partial charge is 0.289 e. The Hall–Kier alpha value is -7.26. The van der Waals surface area contributed by atoms with Crippen LogP contribution < -0.4 is 16.4 Å². The van der Waals surface area contributed by atoms with Gasteiger partial charge in [0.1, 0.15) is 6.04 Å². The smallest absolute Gasteiger partial charge is 0.262 e. The first-order chi connectivity index (χ1) is 39.5. The van der Waals surface area contributed by atoms with Crippen LogP contribution in [0.3, 0.4) is 0 Å². The zero-order valence-electron chi connectivity index (χ0n) is 46.9. The molecule has 0 aliphatic carbocycles. The fourth-order valence-electron chi connectivity index (χ4n) is 7.64. The minimum absolute atomic E-state index is 0.0275. The van der Waals surface area contributed by atoms with Crippen LogP contribution in [-0.2, 0) is 64.0 Å². The second-order valence-electron chi connectivity index (χ2n) is 18.7. The third-order valence-corrected chi connectivity index (χ3v) is 17.6. The fraction of sp³-hybridized carbons (Fsp3) is 0.333.